The first-order valence-corrected chi connectivity index (χ1v) is 18.7. The zero-order valence-electron chi connectivity index (χ0n) is 30.1. The van der Waals surface area contributed by atoms with Gasteiger partial charge in [-0.05, 0) is 64.2 Å². The number of furan rings is 2. The van der Waals surface area contributed by atoms with Crippen LogP contribution >= 0.6 is 0 Å². The van der Waals surface area contributed by atoms with Gasteiger partial charge in [0.15, 0.2) is 17.5 Å². The Morgan fingerprint density at radius 2 is 0.696 bits per heavy atom. The summed E-state index contributed by atoms with van der Waals surface area (Å²) in [5, 5.41) is 4.09. The van der Waals surface area contributed by atoms with Gasteiger partial charge in [-0.1, -0.05) is 152 Å². The predicted octanol–water partition coefficient (Wildman–Crippen LogP) is 13.7. The summed E-state index contributed by atoms with van der Waals surface area (Å²) in [7, 11) is 0. The van der Waals surface area contributed by atoms with E-state index in [-0.39, 0.29) is 0 Å². The van der Waals surface area contributed by atoms with Crippen molar-refractivity contribution in [3.8, 4) is 67.5 Å². The minimum atomic E-state index is 0.508. The van der Waals surface area contributed by atoms with E-state index < -0.39 is 0 Å². The summed E-state index contributed by atoms with van der Waals surface area (Å²) in [4.78, 5) is 16.0. The summed E-state index contributed by atoms with van der Waals surface area (Å²) >= 11 is 0. The van der Waals surface area contributed by atoms with Gasteiger partial charge in [-0.2, -0.15) is 0 Å². The van der Waals surface area contributed by atoms with Gasteiger partial charge in [0.1, 0.15) is 22.3 Å². The molecule has 0 aliphatic rings. The Kier molecular flexibility index (Phi) is 7.42. The zero-order valence-corrected chi connectivity index (χ0v) is 30.1. The lowest BCUT2D eigenvalue weighted by molar-refractivity contribution is 0.669. The second kappa shape index (κ2) is 13.0. The second-order valence-corrected chi connectivity index (χ2v) is 13.9. The highest BCUT2D eigenvalue weighted by atomic mass is 16.3. The molecule has 3 aromatic heterocycles. The van der Waals surface area contributed by atoms with E-state index >= 15 is 0 Å². The summed E-state index contributed by atoms with van der Waals surface area (Å²) in [6.07, 6.45) is 0. The van der Waals surface area contributed by atoms with Gasteiger partial charge in [0, 0.05) is 32.7 Å². The molecule has 5 heteroatoms. The smallest absolute Gasteiger partial charge is 0.167 e. The lowest BCUT2D eigenvalue weighted by Gasteiger charge is -2.19. The number of para-hydroxylation sites is 4. The van der Waals surface area contributed by atoms with E-state index in [4.69, 9.17) is 23.8 Å². The Hall–Kier alpha value is -7.63. The number of rotatable bonds is 6. The maximum absolute atomic E-state index is 6.57. The second-order valence-electron chi connectivity index (χ2n) is 13.9. The number of hydrogen-bond acceptors (Lipinski definition) is 5. The van der Waals surface area contributed by atoms with Crippen molar-refractivity contribution in [3.63, 3.8) is 0 Å². The summed E-state index contributed by atoms with van der Waals surface area (Å²) in [5.74, 6) is 1.56. The van der Waals surface area contributed by atoms with E-state index in [1.165, 1.54) is 0 Å². The highest BCUT2D eigenvalue weighted by molar-refractivity contribution is 6.10. The lowest BCUT2D eigenvalue weighted by atomic mass is 9.86. The van der Waals surface area contributed by atoms with Crippen LogP contribution < -0.4 is 0 Å². The van der Waals surface area contributed by atoms with Crippen molar-refractivity contribution in [2.45, 2.75) is 0 Å². The number of nitrogens with zero attached hydrogens (tertiary/aromatic N) is 3. The van der Waals surface area contributed by atoms with Crippen LogP contribution in [0.3, 0.4) is 0 Å². The van der Waals surface area contributed by atoms with Crippen molar-refractivity contribution in [2.75, 3.05) is 0 Å². The fourth-order valence-corrected chi connectivity index (χ4v) is 7.96. The largest absolute Gasteiger partial charge is 0.455 e. The van der Waals surface area contributed by atoms with Crippen molar-refractivity contribution >= 4 is 43.9 Å². The fraction of sp³-hybridized carbons (Fsp3) is 0. The average Bonchev–Trinajstić information content (AvgIpc) is 3.85. The quantitative estimate of drug-likeness (QED) is 0.171. The van der Waals surface area contributed by atoms with Crippen LogP contribution in [0.2, 0.25) is 0 Å². The van der Waals surface area contributed by atoms with Crippen molar-refractivity contribution in [3.05, 3.63) is 188 Å². The van der Waals surface area contributed by atoms with E-state index in [9.17, 15) is 0 Å². The first kappa shape index (κ1) is 31.9. The molecule has 3 heterocycles. The summed E-state index contributed by atoms with van der Waals surface area (Å²) in [6.45, 7) is 0. The van der Waals surface area contributed by atoms with Gasteiger partial charge in [-0.25, -0.2) is 15.0 Å². The average molecular weight is 718 g/mol. The maximum atomic E-state index is 6.57. The van der Waals surface area contributed by atoms with Gasteiger partial charge >= 0.3 is 0 Å². The van der Waals surface area contributed by atoms with Crippen LogP contribution in [0.15, 0.2) is 197 Å². The van der Waals surface area contributed by atoms with Crippen molar-refractivity contribution in [1.29, 1.82) is 0 Å². The number of fused-ring (bicyclic) bond motifs is 6. The topological polar surface area (TPSA) is 65.0 Å². The normalized spacial score (nSPS) is 11.6. The molecular weight excluding hydrogens is 687 g/mol. The van der Waals surface area contributed by atoms with Crippen molar-refractivity contribution in [1.82, 2.24) is 15.0 Å². The summed E-state index contributed by atoms with van der Waals surface area (Å²) in [6, 6.07) is 64.6. The van der Waals surface area contributed by atoms with E-state index in [0.717, 1.165) is 93.9 Å². The predicted molar refractivity (Wildman–Crippen MR) is 227 cm³/mol. The number of hydrogen-bond donors (Lipinski definition) is 0. The monoisotopic (exact) mass is 717 g/mol. The van der Waals surface area contributed by atoms with Crippen molar-refractivity contribution in [2.24, 2.45) is 0 Å². The maximum Gasteiger partial charge on any atom is 0.167 e. The van der Waals surface area contributed by atoms with Gasteiger partial charge < -0.3 is 8.83 Å². The molecule has 0 fully saturated rings. The highest BCUT2D eigenvalue weighted by Crippen LogP contribution is 2.44. The van der Waals surface area contributed by atoms with Crippen LogP contribution in [0, 0.1) is 0 Å². The SMILES string of the molecule is c1ccc(-c2cc(-c3ccccc3)c(-c3ccccc3)c(-c3nc(-c4cccc5c4oc4ccccc45)nc(-c4cccc5c4oc4ccccc45)n3)c2)cc1. The Morgan fingerprint density at radius 3 is 1.23 bits per heavy atom. The molecular formula is C51H31N3O2. The minimum Gasteiger partial charge on any atom is -0.455 e. The molecule has 0 radical (unpaired) electrons. The van der Waals surface area contributed by atoms with Crippen molar-refractivity contribution < 1.29 is 8.83 Å². The third-order valence-electron chi connectivity index (χ3n) is 10.6. The Morgan fingerprint density at radius 1 is 0.286 bits per heavy atom. The summed E-state index contributed by atoms with van der Waals surface area (Å²) in [5.41, 5.74) is 11.9. The molecule has 0 saturated carbocycles. The third-order valence-corrected chi connectivity index (χ3v) is 10.6. The van der Waals surface area contributed by atoms with E-state index in [2.05, 4.69) is 115 Å². The first-order chi connectivity index (χ1) is 27.8. The molecule has 5 nitrogen and oxygen atoms in total. The lowest BCUT2D eigenvalue weighted by Crippen LogP contribution is -2.02. The van der Waals surface area contributed by atoms with Gasteiger partial charge in [0.2, 0.25) is 0 Å². The van der Waals surface area contributed by atoms with Gasteiger partial charge in [-0.15, -0.1) is 0 Å². The molecule has 262 valence electrons. The Bertz CT molecular complexity index is 3110. The summed E-state index contributed by atoms with van der Waals surface area (Å²) < 4.78 is 13.1. The molecule has 0 atom stereocenters. The van der Waals surface area contributed by atoms with Crippen LogP contribution in [0.4, 0.5) is 0 Å². The number of benzene rings is 8. The molecule has 0 N–H and O–H groups in total. The standard InChI is InChI=1S/C51H31N3O2/c1-4-16-32(17-5-1)35-30-42(33-18-6-2-7-19-33)46(34-20-8-3-9-21-34)43(31-35)51-53-49(40-26-14-24-38-36-22-10-12-28-44(36)55-47(38)40)52-50(54-51)41-27-15-25-39-37-23-11-13-29-45(37)56-48(39)41/h1-31H. The molecule has 0 aliphatic heterocycles. The minimum absolute atomic E-state index is 0.508. The van der Waals surface area contributed by atoms with Crippen LogP contribution in [0.25, 0.3) is 111 Å². The molecule has 11 aromatic rings. The molecule has 0 aliphatic carbocycles. The number of aromatic nitrogens is 3. The molecule has 8 aromatic carbocycles. The Labute approximate surface area is 322 Å². The van der Waals surface area contributed by atoms with E-state index in [1.807, 2.05) is 72.8 Å². The van der Waals surface area contributed by atoms with E-state index in [0.29, 0.717) is 17.5 Å². The Balaban J connectivity index is 1.26. The van der Waals surface area contributed by atoms with Gasteiger partial charge in [0.25, 0.3) is 0 Å². The van der Waals surface area contributed by atoms with Crippen LogP contribution in [0.1, 0.15) is 0 Å². The molecule has 0 saturated heterocycles. The van der Waals surface area contributed by atoms with Gasteiger partial charge in [-0.3, -0.25) is 0 Å². The van der Waals surface area contributed by atoms with Crippen LogP contribution in [0.5, 0.6) is 0 Å². The zero-order chi connectivity index (χ0) is 37.0. The molecule has 0 amide bonds. The molecule has 0 bridgehead atoms. The fourth-order valence-electron chi connectivity index (χ4n) is 7.96. The van der Waals surface area contributed by atoms with E-state index in [1.54, 1.807) is 0 Å². The van der Waals surface area contributed by atoms with Gasteiger partial charge in [0.05, 0.1) is 11.1 Å². The highest BCUT2D eigenvalue weighted by Gasteiger charge is 2.24. The van der Waals surface area contributed by atoms with Crippen LogP contribution in [-0.2, 0) is 0 Å². The molecule has 11 rings (SSSR count). The third kappa shape index (κ3) is 5.29. The molecule has 0 unspecified atom stereocenters. The molecule has 0 spiro atoms. The first-order valence-electron chi connectivity index (χ1n) is 18.7. The van der Waals surface area contributed by atoms with Crippen LogP contribution in [-0.4, -0.2) is 15.0 Å². The molecule has 56 heavy (non-hydrogen) atoms.